The molecule has 0 fully saturated rings. The molecule has 0 aromatic heterocycles. The molecule has 1 aliphatic rings. The molecule has 158 valence electrons. The van der Waals surface area contributed by atoms with Crippen LogP contribution in [0.1, 0.15) is 37.0 Å². The molecule has 1 aromatic rings. The van der Waals surface area contributed by atoms with Gasteiger partial charge in [-0.3, -0.25) is 0 Å². The highest BCUT2D eigenvalue weighted by Crippen LogP contribution is 2.24. The van der Waals surface area contributed by atoms with Crippen molar-refractivity contribution in [1.29, 1.82) is 0 Å². The number of hydrogen-bond donors (Lipinski definition) is 2. The molecule has 8 nitrogen and oxygen atoms in total. The minimum Gasteiger partial charge on any atom is -0.481 e. The number of urea groups is 1. The number of amides is 2. The van der Waals surface area contributed by atoms with Crippen LogP contribution in [0, 0.1) is 20.8 Å². The maximum atomic E-state index is 12.3. The summed E-state index contributed by atoms with van der Waals surface area (Å²) in [6.07, 6.45) is 0.494. The van der Waals surface area contributed by atoms with E-state index in [2.05, 4.69) is 10.6 Å². The van der Waals surface area contributed by atoms with Crippen LogP contribution < -0.4 is 15.4 Å². The number of aryl methyl sites for hydroxylation is 3. The van der Waals surface area contributed by atoms with Gasteiger partial charge in [-0.25, -0.2) is 14.4 Å². The number of benzene rings is 1. The molecular weight excluding hydrogens is 376 g/mol. The summed E-state index contributed by atoms with van der Waals surface area (Å²) < 4.78 is 15.9. The van der Waals surface area contributed by atoms with Gasteiger partial charge in [0.15, 0.2) is 6.61 Å². The van der Waals surface area contributed by atoms with E-state index in [9.17, 15) is 14.4 Å². The molecule has 8 heteroatoms. The zero-order chi connectivity index (χ0) is 21.6. The summed E-state index contributed by atoms with van der Waals surface area (Å²) in [6, 6.07) is 2.97. The van der Waals surface area contributed by atoms with E-state index >= 15 is 0 Å². The number of carbonyl (C=O) groups excluding carboxylic acids is 3. The summed E-state index contributed by atoms with van der Waals surface area (Å²) in [5.74, 6) is -0.527. The first-order valence-corrected chi connectivity index (χ1v) is 9.60. The highest BCUT2D eigenvalue weighted by molar-refractivity contribution is 5.94. The van der Waals surface area contributed by atoms with Crippen LogP contribution in [0.5, 0.6) is 5.75 Å². The maximum Gasteiger partial charge on any atom is 0.344 e. The first kappa shape index (κ1) is 22.3. The van der Waals surface area contributed by atoms with Crippen LogP contribution >= 0.6 is 0 Å². The lowest BCUT2D eigenvalue weighted by atomic mass is 10.0. The lowest BCUT2D eigenvalue weighted by Gasteiger charge is -2.28. The molecule has 2 N–H and O–H groups in total. The van der Waals surface area contributed by atoms with E-state index in [0.717, 1.165) is 16.7 Å². The first-order chi connectivity index (χ1) is 13.8. The normalized spacial score (nSPS) is 16.0. The third kappa shape index (κ3) is 5.73. The Hall–Kier alpha value is -3.03. The summed E-state index contributed by atoms with van der Waals surface area (Å²) in [5.41, 5.74) is 3.45. The Morgan fingerprint density at radius 2 is 1.72 bits per heavy atom. The van der Waals surface area contributed by atoms with Gasteiger partial charge in [0, 0.05) is 0 Å². The lowest BCUT2D eigenvalue weighted by molar-refractivity contribution is -0.145. The highest BCUT2D eigenvalue weighted by Gasteiger charge is 2.32. The van der Waals surface area contributed by atoms with E-state index in [4.69, 9.17) is 14.2 Å². The second kappa shape index (κ2) is 9.95. The lowest BCUT2D eigenvalue weighted by Crippen LogP contribution is -2.51. The van der Waals surface area contributed by atoms with E-state index in [-0.39, 0.29) is 31.1 Å². The molecule has 1 heterocycles. The van der Waals surface area contributed by atoms with E-state index in [1.807, 2.05) is 39.8 Å². The highest BCUT2D eigenvalue weighted by atomic mass is 16.6. The third-order valence-electron chi connectivity index (χ3n) is 4.46. The molecule has 1 aromatic carbocycles. The van der Waals surface area contributed by atoms with Crippen molar-refractivity contribution in [2.45, 2.75) is 47.1 Å². The van der Waals surface area contributed by atoms with Gasteiger partial charge in [-0.15, -0.1) is 0 Å². The molecule has 2 rings (SSSR count). The van der Waals surface area contributed by atoms with Gasteiger partial charge >= 0.3 is 18.0 Å². The number of rotatable bonds is 8. The number of carbonyl (C=O) groups is 3. The van der Waals surface area contributed by atoms with Crippen LogP contribution in [0.4, 0.5) is 4.79 Å². The zero-order valence-electron chi connectivity index (χ0n) is 17.5. The Balaban J connectivity index is 2.06. The monoisotopic (exact) mass is 404 g/mol. The molecule has 0 radical (unpaired) electrons. The van der Waals surface area contributed by atoms with Gasteiger partial charge in [-0.1, -0.05) is 24.6 Å². The van der Waals surface area contributed by atoms with Crippen molar-refractivity contribution in [3.05, 3.63) is 40.1 Å². The minimum atomic E-state index is -0.610. The Bertz CT molecular complexity index is 807. The molecule has 0 saturated heterocycles. The predicted octanol–water partition coefficient (Wildman–Crippen LogP) is 2.44. The topological polar surface area (TPSA) is 103 Å². The van der Waals surface area contributed by atoms with Crippen molar-refractivity contribution in [1.82, 2.24) is 10.6 Å². The number of esters is 2. The van der Waals surface area contributed by atoms with E-state index < -0.39 is 24.0 Å². The van der Waals surface area contributed by atoms with Crippen molar-refractivity contribution < 1.29 is 28.6 Å². The molecule has 0 aliphatic carbocycles. The molecule has 0 unspecified atom stereocenters. The summed E-state index contributed by atoms with van der Waals surface area (Å²) in [6.45, 7) is 8.99. The van der Waals surface area contributed by atoms with Crippen molar-refractivity contribution in [3.63, 3.8) is 0 Å². The van der Waals surface area contributed by atoms with Gasteiger partial charge in [0.25, 0.3) is 0 Å². The zero-order valence-corrected chi connectivity index (χ0v) is 17.5. The Morgan fingerprint density at radius 1 is 1.07 bits per heavy atom. The number of hydrogen-bond acceptors (Lipinski definition) is 6. The van der Waals surface area contributed by atoms with Crippen LogP contribution in [-0.2, 0) is 19.1 Å². The largest absolute Gasteiger partial charge is 0.481 e. The molecule has 0 spiro atoms. The van der Waals surface area contributed by atoms with Crippen LogP contribution in [0.2, 0.25) is 0 Å². The van der Waals surface area contributed by atoms with E-state index in [0.29, 0.717) is 12.2 Å². The average molecular weight is 404 g/mol. The van der Waals surface area contributed by atoms with Gasteiger partial charge in [0.2, 0.25) is 0 Å². The fourth-order valence-electron chi connectivity index (χ4n) is 3.30. The average Bonchev–Trinajstić information content (AvgIpc) is 2.64. The Labute approximate surface area is 170 Å². The molecule has 1 atom stereocenters. The van der Waals surface area contributed by atoms with Gasteiger partial charge in [0.05, 0.1) is 23.9 Å². The summed E-state index contributed by atoms with van der Waals surface area (Å²) in [7, 11) is 0. The third-order valence-corrected chi connectivity index (χ3v) is 4.46. The molecule has 0 bridgehead atoms. The maximum absolute atomic E-state index is 12.3. The molecule has 0 saturated carbocycles. The van der Waals surface area contributed by atoms with Gasteiger partial charge in [-0.05, 0) is 45.2 Å². The Kier molecular flexibility index (Phi) is 7.64. The van der Waals surface area contributed by atoms with Crippen molar-refractivity contribution in [3.8, 4) is 5.75 Å². The van der Waals surface area contributed by atoms with Gasteiger partial charge < -0.3 is 24.8 Å². The number of nitrogens with one attached hydrogen (secondary N) is 2. The van der Waals surface area contributed by atoms with Gasteiger partial charge in [-0.2, -0.15) is 0 Å². The summed E-state index contributed by atoms with van der Waals surface area (Å²) in [4.78, 5) is 36.3. The van der Waals surface area contributed by atoms with Gasteiger partial charge in [0.1, 0.15) is 12.4 Å². The van der Waals surface area contributed by atoms with E-state index in [1.165, 1.54) is 0 Å². The second-order valence-electron chi connectivity index (χ2n) is 6.85. The predicted molar refractivity (Wildman–Crippen MR) is 107 cm³/mol. The number of ether oxygens (including phenoxy) is 3. The van der Waals surface area contributed by atoms with Crippen LogP contribution in [0.3, 0.4) is 0 Å². The summed E-state index contributed by atoms with van der Waals surface area (Å²) in [5, 5.41) is 5.20. The smallest absolute Gasteiger partial charge is 0.344 e. The molecule has 29 heavy (non-hydrogen) atoms. The SMILES string of the molecule is CCOC(=O)C1=C(COC(=O)COc2c(C)cc(C)cc2C)NC(=O)N[C@H]1CC. The molecule has 1 aliphatic heterocycles. The molecular formula is C21H28N2O6. The standard InChI is InChI=1S/C21H28N2O6/c1-6-15-18(20(25)27-7-2)16(23-21(26)22-15)10-28-17(24)11-29-19-13(4)8-12(3)9-14(19)5/h8-9,15H,6-7,10-11H2,1-5H3,(H2,22,23,26)/t15-/m0/s1. The fraction of sp³-hybridized carbons (Fsp3) is 0.476. The van der Waals surface area contributed by atoms with Crippen LogP contribution in [0.25, 0.3) is 0 Å². The van der Waals surface area contributed by atoms with Crippen molar-refractivity contribution >= 4 is 18.0 Å². The van der Waals surface area contributed by atoms with Crippen LogP contribution in [-0.4, -0.2) is 43.8 Å². The van der Waals surface area contributed by atoms with Crippen molar-refractivity contribution in [2.75, 3.05) is 19.8 Å². The Morgan fingerprint density at radius 3 is 2.31 bits per heavy atom. The summed E-state index contributed by atoms with van der Waals surface area (Å²) >= 11 is 0. The van der Waals surface area contributed by atoms with E-state index in [1.54, 1.807) is 6.92 Å². The second-order valence-corrected chi connectivity index (χ2v) is 6.85. The fourth-order valence-corrected chi connectivity index (χ4v) is 3.30. The minimum absolute atomic E-state index is 0.197. The van der Waals surface area contributed by atoms with Crippen molar-refractivity contribution in [2.24, 2.45) is 0 Å². The first-order valence-electron chi connectivity index (χ1n) is 9.60. The molecule has 2 amide bonds. The quantitative estimate of drug-likeness (QED) is 0.645. The van der Waals surface area contributed by atoms with Crippen LogP contribution in [0.15, 0.2) is 23.4 Å².